The van der Waals surface area contributed by atoms with Crippen LogP contribution in [0.15, 0.2) is 0 Å². The molecule has 3 heteroatoms. The third-order valence-electron chi connectivity index (χ3n) is 5.30. The number of rotatable bonds is 5. The summed E-state index contributed by atoms with van der Waals surface area (Å²) in [5, 5.41) is 3.08. The second-order valence-electron chi connectivity index (χ2n) is 6.76. The van der Waals surface area contributed by atoms with Gasteiger partial charge in [0.2, 0.25) is 5.91 Å². The first-order valence-electron chi connectivity index (χ1n) is 7.44. The maximum absolute atomic E-state index is 12.5. The minimum Gasteiger partial charge on any atom is -0.356 e. The Bertz CT molecular complexity index is 315. The van der Waals surface area contributed by atoms with E-state index in [1.165, 1.54) is 19.3 Å². The molecule has 0 aromatic heterocycles. The summed E-state index contributed by atoms with van der Waals surface area (Å²) in [6, 6.07) is 0. The van der Waals surface area contributed by atoms with Gasteiger partial charge in [0.1, 0.15) is 6.29 Å². The van der Waals surface area contributed by atoms with E-state index in [1.807, 2.05) is 0 Å². The van der Waals surface area contributed by atoms with Gasteiger partial charge in [0.15, 0.2) is 0 Å². The van der Waals surface area contributed by atoms with Crippen LogP contribution in [0.25, 0.3) is 0 Å². The van der Waals surface area contributed by atoms with E-state index in [1.54, 1.807) is 0 Å². The average molecular weight is 249 g/mol. The van der Waals surface area contributed by atoms with E-state index in [9.17, 15) is 9.59 Å². The first kappa shape index (κ1) is 12.2. The zero-order valence-electron chi connectivity index (χ0n) is 11.0. The van der Waals surface area contributed by atoms with E-state index in [-0.39, 0.29) is 11.3 Å². The van der Waals surface area contributed by atoms with Crippen molar-refractivity contribution in [2.45, 2.75) is 51.4 Å². The Morgan fingerprint density at radius 3 is 2.17 bits per heavy atom. The molecule has 0 aromatic rings. The van der Waals surface area contributed by atoms with E-state index in [2.05, 4.69) is 5.32 Å². The highest BCUT2D eigenvalue weighted by Crippen LogP contribution is 2.60. The van der Waals surface area contributed by atoms with Crippen LogP contribution in [0.2, 0.25) is 0 Å². The Labute approximate surface area is 109 Å². The molecule has 3 nitrogen and oxygen atoms in total. The van der Waals surface area contributed by atoms with E-state index in [4.69, 9.17) is 0 Å². The summed E-state index contributed by atoms with van der Waals surface area (Å²) < 4.78 is 0. The second-order valence-corrected chi connectivity index (χ2v) is 6.76. The topological polar surface area (TPSA) is 46.2 Å². The monoisotopic (exact) mass is 249 g/mol. The molecule has 4 aliphatic carbocycles. The van der Waals surface area contributed by atoms with Gasteiger partial charge in [0.05, 0.1) is 0 Å². The summed E-state index contributed by atoms with van der Waals surface area (Å²) in [5.41, 5.74) is -0.0318. The molecular formula is C15H23NO2. The lowest BCUT2D eigenvalue weighted by atomic mass is 9.49. The highest BCUT2D eigenvalue weighted by atomic mass is 16.2. The van der Waals surface area contributed by atoms with Crippen molar-refractivity contribution < 1.29 is 9.59 Å². The number of carbonyl (C=O) groups excluding carboxylic acids is 2. The smallest absolute Gasteiger partial charge is 0.226 e. The van der Waals surface area contributed by atoms with Crippen LogP contribution in [-0.4, -0.2) is 18.7 Å². The predicted octanol–water partition coefficient (Wildman–Crippen LogP) is 2.30. The van der Waals surface area contributed by atoms with Gasteiger partial charge >= 0.3 is 0 Å². The Morgan fingerprint density at radius 1 is 1.11 bits per heavy atom. The number of aldehydes is 1. The molecule has 0 heterocycles. The first-order chi connectivity index (χ1) is 8.72. The fraction of sp³-hybridized carbons (Fsp3) is 0.867. The molecule has 4 fully saturated rings. The molecule has 4 aliphatic rings. The zero-order chi connectivity index (χ0) is 12.6. The fourth-order valence-electron chi connectivity index (χ4n) is 4.96. The van der Waals surface area contributed by atoms with Gasteiger partial charge in [-0.25, -0.2) is 0 Å². The average Bonchev–Trinajstić information content (AvgIpc) is 2.32. The predicted molar refractivity (Wildman–Crippen MR) is 68.9 cm³/mol. The van der Waals surface area contributed by atoms with Gasteiger partial charge < -0.3 is 10.1 Å². The van der Waals surface area contributed by atoms with Crippen molar-refractivity contribution in [1.29, 1.82) is 0 Å². The van der Waals surface area contributed by atoms with E-state index in [0.29, 0.717) is 13.0 Å². The van der Waals surface area contributed by atoms with Crippen LogP contribution in [0.3, 0.4) is 0 Å². The Morgan fingerprint density at radius 2 is 1.67 bits per heavy atom. The molecule has 0 atom stereocenters. The van der Waals surface area contributed by atoms with Gasteiger partial charge in [-0.1, -0.05) is 0 Å². The maximum Gasteiger partial charge on any atom is 0.226 e. The highest BCUT2D eigenvalue weighted by Gasteiger charge is 2.54. The van der Waals surface area contributed by atoms with E-state index < -0.39 is 0 Å². The third kappa shape index (κ3) is 2.08. The molecule has 1 amide bonds. The van der Waals surface area contributed by atoms with Gasteiger partial charge in [-0.3, -0.25) is 4.79 Å². The van der Waals surface area contributed by atoms with Crippen molar-refractivity contribution in [3.05, 3.63) is 0 Å². The van der Waals surface area contributed by atoms with E-state index >= 15 is 0 Å². The van der Waals surface area contributed by atoms with Gasteiger partial charge in [-0.2, -0.15) is 0 Å². The Kier molecular flexibility index (Phi) is 3.16. The quantitative estimate of drug-likeness (QED) is 0.600. The number of nitrogens with one attached hydrogen (secondary N) is 1. The fourth-order valence-corrected chi connectivity index (χ4v) is 4.96. The number of hydrogen-bond donors (Lipinski definition) is 1. The zero-order valence-corrected chi connectivity index (χ0v) is 11.0. The summed E-state index contributed by atoms with van der Waals surface area (Å²) in [5.74, 6) is 2.73. The maximum atomic E-state index is 12.5. The number of hydrogen-bond acceptors (Lipinski definition) is 2. The standard InChI is InChI=1S/C15H23NO2/c17-4-2-1-3-16-14(18)15-8-11-5-12(9-15)7-13(6-11)10-15/h4,11-13H,1-3,5-10H2,(H,16,18). The lowest BCUT2D eigenvalue weighted by Gasteiger charge is -2.55. The molecule has 0 aliphatic heterocycles. The molecular weight excluding hydrogens is 226 g/mol. The summed E-state index contributed by atoms with van der Waals surface area (Å²) in [6.45, 7) is 0.666. The summed E-state index contributed by atoms with van der Waals surface area (Å²) in [7, 11) is 0. The van der Waals surface area contributed by atoms with Crippen LogP contribution in [0, 0.1) is 23.2 Å². The normalized spacial score (nSPS) is 40.8. The van der Waals surface area contributed by atoms with Gasteiger partial charge in [-0.05, 0) is 62.7 Å². The molecule has 0 saturated heterocycles. The molecule has 1 N–H and O–H groups in total. The third-order valence-corrected chi connectivity index (χ3v) is 5.30. The van der Waals surface area contributed by atoms with Gasteiger partial charge in [0, 0.05) is 18.4 Å². The molecule has 4 bridgehead atoms. The van der Waals surface area contributed by atoms with Crippen LogP contribution in [0.1, 0.15) is 51.4 Å². The SMILES string of the molecule is O=CCCCNC(=O)C12CC3CC(CC(C3)C1)C2. The molecule has 18 heavy (non-hydrogen) atoms. The van der Waals surface area contributed by atoms with Crippen molar-refractivity contribution in [3.8, 4) is 0 Å². The molecule has 100 valence electrons. The molecule has 4 rings (SSSR count). The molecule has 0 aromatic carbocycles. The summed E-state index contributed by atoms with van der Waals surface area (Å²) in [4.78, 5) is 22.7. The van der Waals surface area contributed by atoms with Crippen molar-refractivity contribution in [2.24, 2.45) is 23.2 Å². The van der Waals surface area contributed by atoms with Crippen LogP contribution in [-0.2, 0) is 9.59 Å². The lowest BCUT2D eigenvalue weighted by Crippen LogP contribution is -2.53. The summed E-state index contributed by atoms with van der Waals surface area (Å²) in [6.07, 6.45) is 9.75. The molecule has 4 saturated carbocycles. The Hall–Kier alpha value is -0.860. The highest BCUT2D eigenvalue weighted by molar-refractivity contribution is 5.83. The van der Waals surface area contributed by atoms with Crippen molar-refractivity contribution in [3.63, 3.8) is 0 Å². The number of unbranched alkanes of at least 4 members (excludes halogenated alkanes) is 1. The largest absolute Gasteiger partial charge is 0.356 e. The summed E-state index contributed by atoms with van der Waals surface area (Å²) >= 11 is 0. The molecule has 0 spiro atoms. The van der Waals surface area contributed by atoms with Crippen LogP contribution in [0.5, 0.6) is 0 Å². The van der Waals surface area contributed by atoms with E-state index in [0.717, 1.165) is 49.7 Å². The number of carbonyl (C=O) groups is 2. The van der Waals surface area contributed by atoms with Gasteiger partial charge in [0.25, 0.3) is 0 Å². The van der Waals surface area contributed by atoms with Gasteiger partial charge in [-0.15, -0.1) is 0 Å². The second kappa shape index (κ2) is 4.67. The van der Waals surface area contributed by atoms with Crippen LogP contribution in [0.4, 0.5) is 0 Å². The first-order valence-corrected chi connectivity index (χ1v) is 7.44. The minimum absolute atomic E-state index is 0.0318. The lowest BCUT2D eigenvalue weighted by molar-refractivity contribution is -0.146. The van der Waals surface area contributed by atoms with Crippen molar-refractivity contribution in [2.75, 3.05) is 6.54 Å². The number of amides is 1. The van der Waals surface area contributed by atoms with Crippen LogP contribution >= 0.6 is 0 Å². The molecule has 0 radical (unpaired) electrons. The minimum atomic E-state index is -0.0318. The van der Waals surface area contributed by atoms with Crippen molar-refractivity contribution >= 4 is 12.2 Å². The van der Waals surface area contributed by atoms with Crippen molar-refractivity contribution in [1.82, 2.24) is 5.32 Å². The molecule has 0 unspecified atom stereocenters. The van der Waals surface area contributed by atoms with Crippen LogP contribution < -0.4 is 5.32 Å². The Balaban J connectivity index is 1.60.